The second-order valence-electron chi connectivity index (χ2n) is 4.16. The Balaban J connectivity index is 3.08. The van der Waals surface area contributed by atoms with Crippen molar-refractivity contribution >= 4 is 8.07 Å². The van der Waals surface area contributed by atoms with E-state index in [4.69, 9.17) is 5.26 Å². The predicted octanol–water partition coefficient (Wildman–Crippen LogP) is 2.79. The molecular formula is C12H13NSi. The molecule has 70 valence electrons. The maximum atomic E-state index is 8.84. The summed E-state index contributed by atoms with van der Waals surface area (Å²) < 4.78 is 0. The smallest absolute Gasteiger partial charge is 0.129 e. The van der Waals surface area contributed by atoms with Crippen LogP contribution in [0.3, 0.4) is 0 Å². The van der Waals surface area contributed by atoms with Gasteiger partial charge in [0, 0.05) is 5.56 Å². The summed E-state index contributed by atoms with van der Waals surface area (Å²) in [5, 5.41) is 8.84. The first-order valence-electron chi connectivity index (χ1n) is 4.55. The maximum absolute atomic E-state index is 8.84. The highest BCUT2D eigenvalue weighted by atomic mass is 28.3. The fraction of sp³-hybridized carbons (Fsp3) is 0.250. The highest BCUT2D eigenvalue weighted by Crippen LogP contribution is 2.06. The van der Waals surface area contributed by atoms with Gasteiger partial charge in [-0.1, -0.05) is 37.7 Å². The molecule has 1 aromatic rings. The zero-order chi connectivity index (χ0) is 10.6. The highest BCUT2D eigenvalue weighted by molar-refractivity contribution is 6.83. The third kappa shape index (κ3) is 3.09. The van der Waals surface area contributed by atoms with Crippen LogP contribution in [0.4, 0.5) is 0 Å². The lowest BCUT2D eigenvalue weighted by Crippen LogP contribution is -2.16. The van der Waals surface area contributed by atoms with Crippen molar-refractivity contribution < 1.29 is 0 Å². The van der Waals surface area contributed by atoms with E-state index in [1.54, 1.807) is 6.07 Å². The van der Waals surface area contributed by atoms with Gasteiger partial charge in [0.25, 0.3) is 0 Å². The van der Waals surface area contributed by atoms with Crippen LogP contribution in [0.15, 0.2) is 24.3 Å². The SMILES string of the molecule is C[Si](C)(C)C#Cc1ccccc1C#N. The van der Waals surface area contributed by atoms with E-state index in [9.17, 15) is 0 Å². The Bertz CT molecular complexity index is 424. The van der Waals surface area contributed by atoms with Crippen molar-refractivity contribution in [2.45, 2.75) is 19.6 Å². The molecule has 0 bridgehead atoms. The van der Waals surface area contributed by atoms with Crippen molar-refractivity contribution in [3.05, 3.63) is 35.4 Å². The lowest BCUT2D eigenvalue weighted by Gasteiger charge is -2.03. The number of nitrogens with zero attached hydrogens (tertiary/aromatic N) is 1. The molecule has 0 aliphatic rings. The van der Waals surface area contributed by atoms with Gasteiger partial charge in [0.1, 0.15) is 14.1 Å². The molecule has 0 aliphatic heterocycles. The fourth-order valence-corrected chi connectivity index (χ4v) is 1.45. The van der Waals surface area contributed by atoms with E-state index >= 15 is 0 Å². The van der Waals surface area contributed by atoms with Crippen molar-refractivity contribution in [2.75, 3.05) is 0 Å². The molecule has 0 aliphatic carbocycles. The molecular weight excluding hydrogens is 186 g/mol. The van der Waals surface area contributed by atoms with Crippen LogP contribution in [0.1, 0.15) is 11.1 Å². The van der Waals surface area contributed by atoms with Gasteiger partial charge in [0.2, 0.25) is 0 Å². The molecule has 1 aromatic carbocycles. The average molecular weight is 199 g/mol. The largest absolute Gasteiger partial charge is 0.192 e. The van der Waals surface area contributed by atoms with Crippen LogP contribution in [-0.4, -0.2) is 8.07 Å². The third-order valence-corrected chi connectivity index (χ3v) is 2.49. The minimum Gasteiger partial charge on any atom is -0.192 e. The number of hydrogen-bond acceptors (Lipinski definition) is 1. The minimum atomic E-state index is -1.35. The van der Waals surface area contributed by atoms with E-state index < -0.39 is 8.07 Å². The Morgan fingerprint density at radius 1 is 1.07 bits per heavy atom. The molecule has 1 rings (SSSR count). The Labute approximate surface area is 86.4 Å². The summed E-state index contributed by atoms with van der Waals surface area (Å²) in [6.07, 6.45) is 0. The van der Waals surface area contributed by atoms with Gasteiger partial charge < -0.3 is 0 Å². The van der Waals surface area contributed by atoms with E-state index in [1.165, 1.54) is 0 Å². The summed E-state index contributed by atoms with van der Waals surface area (Å²) in [6, 6.07) is 9.61. The van der Waals surface area contributed by atoms with Gasteiger partial charge in [-0.15, -0.1) is 5.54 Å². The normalized spacial score (nSPS) is 9.86. The van der Waals surface area contributed by atoms with Crippen LogP contribution in [0.5, 0.6) is 0 Å². The zero-order valence-corrected chi connectivity index (χ0v) is 9.76. The van der Waals surface area contributed by atoms with Crippen LogP contribution in [-0.2, 0) is 0 Å². The van der Waals surface area contributed by atoms with Crippen LogP contribution in [0.2, 0.25) is 19.6 Å². The predicted molar refractivity (Wildman–Crippen MR) is 61.4 cm³/mol. The molecule has 0 radical (unpaired) electrons. The van der Waals surface area contributed by atoms with E-state index in [1.807, 2.05) is 18.2 Å². The Morgan fingerprint density at radius 2 is 1.64 bits per heavy atom. The molecule has 0 N–H and O–H groups in total. The van der Waals surface area contributed by atoms with Crippen molar-refractivity contribution in [3.8, 4) is 17.5 Å². The zero-order valence-electron chi connectivity index (χ0n) is 8.76. The molecule has 14 heavy (non-hydrogen) atoms. The quantitative estimate of drug-likeness (QED) is 0.465. The number of hydrogen-bond donors (Lipinski definition) is 0. The Hall–Kier alpha value is -1.51. The maximum Gasteiger partial charge on any atom is 0.129 e. The van der Waals surface area contributed by atoms with E-state index in [-0.39, 0.29) is 0 Å². The monoisotopic (exact) mass is 199 g/mol. The van der Waals surface area contributed by atoms with Crippen molar-refractivity contribution in [1.29, 1.82) is 5.26 Å². The first kappa shape index (κ1) is 10.6. The summed E-state index contributed by atoms with van der Waals surface area (Å²) in [7, 11) is -1.35. The summed E-state index contributed by atoms with van der Waals surface area (Å²) in [4.78, 5) is 0. The first-order valence-corrected chi connectivity index (χ1v) is 8.05. The summed E-state index contributed by atoms with van der Waals surface area (Å²) in [5.41, 5.74) is 4.76. The topological polar surface area (TPSA) is 23.8 Å². The molecule has 0 aromatic heterocycles. The van der Waals surface area contributed by atoms with E-state index in [0.717, 1.165) is 5.56 Å². The van der Waals surface area contributed by atoms with Crippen molar-refractivity contribution in [3.63, 3.8) is 0 Å². The molecule has 2 heteroatoms. The van der Waals surface area contributed by atoms with Crippen LogP contribution in [0.25, 0.3) is 0 Å². The third-order valence-electron chi connectivity index (χ3n) is 1.62. The molecule has 0 saturated heterocycles. The molecule has 0 atom stereocenters. The first-order chi connectivity index (χ1) is 6.53. The number of rotatable bonds is 0. The molecule has 0 spiro atoms. The molecule has 0 unspecified atom stereocenters. The van der Waals surface area contributed by atoms with Crippen LogP contribution >= 0.6 is 0 Å². The molecule has 0 saturated carbocycles. The highest BCUT2D eigenvalue weighted by Gasteiger charge is 2.07. The summed E-state index contributed by atoms with van der Waals surface area (Å²) in [5.74, 6) is 3.09. The van der Waals surface area contributed by atoms with Gasteiger partial charge in [-0.2, -0.15) is 5.26 Å². The Morgan fingerprint density at radius 3 is 2.14 bits per heavy atom. The molecule has 1 nitrogen and oxygen atoms in total. The number of benzene rings is 1. The van der Waals surface area contributed by atoms with Gasteiger partial charge in [-0.25, -0.2) is 0 Å². The van der Waals surface area contributed by atoms with Gasteiger partial charge in [0.05, 0.1) is 5.56 Å². The average Bonchev–Trinajstić information content (AvgIpc) is 2.14. The summed E-state index contributed by atoms with van der Waals surface area (Å²) >= 11 is 0. The van der Waals surface area contributed by atoms with Crippen LogP contribution < -0.4 is 0 Å². The Kier molecular flexibility index (Phi) is 3.12. The van der Waals surface area contributed by atoms with E-state index in [2.05, 4.69) is 37.2 Å². The fourth-order valence-electron chi connectivity index (χ4n) is 0.944. The lowest BCUT2D eigenvalue weighted by atomic mass is 10.1. The van der Waals surface area contributed by atoms with Gasteiger partial charge in [-0.3, -0.25) is 0 Å². The minimum absolute atomic E-state index is 0.665. The van der Waals surface area contributed by atoms with Crippen LogP contribution in [0, 0.1) is 22.8 Å². The number of nitriles is 1. The molecule has 0 heterocycles. The van der Waals surface area contributed by atoms with Crippen molar-refractivity contribution in [1.82, 2.24) is 0 Å². The van der Waals surface area contributed by atoms with Gasteiger partial charge >= 0.3 is 0 Å². The molecule has 0 amide bonds. The van der Waals surface area contributed by atoms with Crippen molar-refractivity contribution in [2.24, 2.45) is 0 Å². The second-order valence-corrected chi connectivity index (χ2v) is 8.91. The second kappa shape index (κ2) is 4.13. The summed E-state index contributed by atoms with van der Waals surface area (Å²) in [6.45, 7) is 6.57. The van der Waals surface area contributed by atoms with E-state index in [0.29, 0.717) is 5.56 Å². The van der Waals surface area contributed by atoms with Gasteiger partial charge in [-0.05, 0) is 12.1 Å². The standard InChI is InChI=1S/C12H13NSi/c1-14(2,3)9-8-11-6-4-5-7-12(11)10-13/h4-7H,1-3H3. The lowest BCUT2D eigenvalue weighted by molar-refractivity contribution is 1.47. The molecule has 0 fully saturated rings. The van der Waals surface area contributed by atoms with Gasteiger partial charge in [0.15, 0.2) is 0 Å².